The highest BCUT2D eigenvalue weighted by Gasteiger charge is 2.36. The van der Waals surface area contributed by atoms with E-state index in [0.717, 1.165) is 66.3 Å². The quantitative estimate of drug-likeness (QED) is 0.175. The van der Waals surface area contributed by atoms with Crippen LogP contribution in [0.4, 0.5) is 0 Å². The summed E-state index contributed by atoms with van der Waals surface area (Å²) in [6.07, 6.45) is 0. The predicted molar refractivity (Wildman–Crippen MR) is 241 cm³/mol. The van der Waals surface area contributed by atoms with Crippen molar-refractivity contribution in [2.24, 2.45) is 0 Å². The lowest BCUT2D eigenvalue weighted by Gasteiger charge is -2.21. The van der Waals surface area contributed by atoms with Gasteiger partial charge in [0.05, 0.1) is 16.4 Å². The van der Waals surface area contributed by atoms with E-state index >= 15 is 0 Å². The number of nitrogens with zero attached hydrogens (tertiary/aromatic N) is 4. The zero-order valence-corrected chi connectivity index (χ0v) is 32.5. The number of benzene rings is 8. The van der Waals surface area contributed by atoms with E-state index < -0.39 is 0 Å². The molecule has 1 aliphatic carbocycles. The van der Waals surface area contributed by atoms with Crippen molar-refractivity contribution in [1.29, 1.82) is 0 Å². The molecular formula is C54H36N4O. The van der Waals surface area contributed by atoms with E-state index in [9.17, 15) is 0 Å². The second-order valence-electron chi connectivity index (χ2n) is 16.0. The third-order valence-corrected chi connectivity index (χ3v) is 12.2. The molecule has 0 saturated heterocycles. The largest absolute Gasteiger partial charge is 0.455 e. The lowest BCUT2D eigenvalue weighted by Crippen LogP contribution is -2.14. The molecule has 3 aromatic heterocycles. The minimum Gasteiger partial charge on any atom is -0.455 e. The van der Waals surface area contributed by atoms with Gasteiger partial charge in [-0.15, -0.1) is 0 Å². The van der Waals surface area contributed by atoms with Crippen LogP contribution in [0.15, 0.2) is 186 Å². The molecule has 1 aliphatic rings. The summed E-state index contributed by atoms with van der Waals surface area (Å²) in [5, 5.41) is 4.49. The highest BCUT2D eigenvalue weighted by atomic mass is 16.3. The Hall–Kier alpha value is -7.63. The van der Waals surface area contributed by atoms with Crippen molar-refractivity contribution >= 4 is 43.7 Å². The highest BCUT2D eigenvalue weighted by Crippen LogP contribution is 2.52. The number of rotatable bonds is 5. The lowest BCUT2D eigenvalue weighted by atomic mass is 9.82. The Balaban J connectivity index is 1.03. The van der Waals surface area contributed by atoms with Crippen molar-refractivity contribution in [3.63, 3.8) is 0 Å². The molecule has 0 saturated carbocycles. The molecule has 0 amide bonds. The fraction of sp³-hybridized carbons (Fsp3) is 0.0556. The predicted octanol–water partition coefficient (Wildman–Crippen LogP) is 13.8. The second kappa shape index (κ2) is 12.7. The molecule has 11 aromatic rings. The van der Waals surface area contributed by atoms with Gasteiger partial charge in [-0.3, -0.25) is 0 Å². The average Bonchev–Trinajstić information content (AvgIpc) is 3.91. The Bertz CT molecular complexity index is 3400. The molecule has 0 aliphatic heterocycles. The lowest BCUT2D eigenvalue weighted by molar-refractivity contribution is 0.661. The number of furan rings is 1. The first-order chi connectivity index (χ1) is 29.0. The fourth-order valence-electron chi connectivity index (χ4n) is 9.34. The van der Waals surface area contributed by atoms with Crippen LogP contribution in [0, 0.1) is 0 Å². The molecule has 0 unspecified atom stereocenters. The first kappa shape index (κ1) is 33.5. The summed E-state index contributed by atoms with van der Waals surface area (Å²) < 4.78 is 9.31. The van der Waals surface area contributed by atoms with Crippen LogP contribution in [0.1, 0.15) is 25.0 Å². The average molecular weight is 757 g/mol. The van der Waals surface area contributed by atoms with E-state index in [4.69, 9.17) is 19.4 Å². The minimum absolute atomic E-state index is 0.113. The molecule has 5 nitrogen and oxygen atoms in total. The maximum Gasteiger partial charge on any atom is 0.164 e. The summed E-state index contributed by atoms with van der Waals surface area (Å²) in [5.41, 5.74) is 15.4. The summed E-state index contributed by atoms with van der Waals surface area (Å²) in [4.78, 5) is 14.9. The number of hydrogen-bond acceptors (Lipinski definition) is 4. The minimum atomic E-state index is -0.113. The van der Waals surface area contributed by atoms with Gasteiger partial charge in [-0.25, -0.2) is 15.0 Å². The first-order valence-corrected chi connectivity index (χ1v) is 20.1. The molecule has 0 radical (unpaired) electrons. The molecule has 3 heterocycles. The SMILES string of the molecule is CC1(C)c2ccccc2-c2cc3c4c5oc6ccc(-c7cccc(-c8nc(-c9ccccc9)nc(-c9ccccc9)n8)c7)cc6c5ccc4n(-c4ccccc4)c3cc21. The third kappa shape index (κ3) is 5.14. The molecule has 0 spiro atoms. The molecule has 5 heteroatoms. The zero-order valence-electron chi connectivity index (χ0n) is 32.5. The second-order valence-corrected chi connectivity index (χ2v) is 16.0. The van der Waals surface area contributed by atoms with Crippen LogP contribution in [0.3, 0.4) is 0 Å². The topological polar surface area (TPSA) is 56.7 Å². The highest BCUT2D eigenvalue weighted by molar-refractivity contribution is 6.24. The first-order valence-electron chi connectivity index (χ1n) is 20.1. The van der Waals surface area contributed by atoms with Crippen LogP contribution in [-0.4, -0.2) is 19.5 Å². The van der Waals surface area contributed by atoms with Crippen molar-refractivity contribution in [3.05, 3.63) is 193 Å². The van der Waals surface area contributed by atoms with Crippen molar-refractivity contribution < 1.29 is 4.42 Å². The number of hydrogen-bond donors (Lipinski definition) is 0. The normalized spacial score (nSPS) is 13.1. The number of para-hydroxylation sites is 1. The summed E-state index contributed by atoms with van der Waals surface area (Å²) in [5.74, 6) is 1.91. The van der Waals surface area contributed by atoms with Crippen LogP contribution >= 0.6 is 0 Å². The summed E-state index contributed by atoms with van der Waals surface area (Å²) in [7, 11) is 0. The Labute approximate surface area is 340 Å². The van der Waals surface area contributed by atoms with Gasteiger partial charge in [0.1, 0.15) is 11.2 Å². The maximum atomic E-state index is 6.91. The van der Waals surface area contributed by atoms with Crippen LogP contribution in [0.25, 0.3) is 106 Å². The molecule has 12 rings (SSSR count). The van der Waals surface area contributed by atoms with Crippen molar-refractivity contribution in [1.82, 2.24) is 19.5 Å². The summed E-state index contributed by atoms with van der Waals surface area (Å²) in [6, 6.07) is 64.1. The van der Waals surface area contributed by atoms with Crippen molar-refractivity contribution in [2.45, 2.75) is 19.3 Å². The Morgan fingerprint density at radius 1 is 0.424 bits per heavy atom. The van der Waals surface area contributed by atoms with E-state index in [2.05, 4.69) is 140 Å². The van der Waals surface area contributed by atoms with Crippen LogP contribution in [0.5, 0.6) is 0 Å². The smallest absolute Gasteiger partial charge is 0.164 e. The van der Waals surface area contributed by atoms with E-state index in [1.165, 1.54) is 33.2 Å². The van der Waals surface area contributed by atoms with Crippen molar-refractivity contribution in [3.8, 4) is 62.1 Å². The molecule has 8 aromatic carbocycles. The van der Waals surface area contributed by atoms with Gasteiger partial charge >= 0.3 is 0 Å². The van der Waals surface area contributed by atoms with Crippen LogP contribution in [-0.2, 0) is 5.41 Å². The number of fused-ring (bicyclic) bond motifs is 10. The van der Waals surface area contributed by atoms with Crippen LogP contribution in [0.2, 0.25) is 0 Å². The fourth-order valence-corrected chi connectivity index (χ4v) is 9.34. The van der Waals surface area contributed by atoms with Gasteiger partial charge in [0.2, 0.25) is 0 Å². The Morgan fingerprint density at radius 2 is 1.03 bits per heavy atom. The van der Waals surface area contributed by atoms with Gasteiger partial charge in [-0.1, -0.05) is 141 Å². The molecule has 0 bridgehead atoms. The molecule has 278 valence electrons. The van der Waals surface area contributed by atoms with Gasteiger partial charge < -0.3 is 8.98 Å². The monoisotopic (exact) mass is 756 g/mol. The van der Waals surface area contributed by atoms with Gasteiger partial charge in [0.25, 0.3) is 0 Å². The molecular weight excluding hydrogens is 721 g/mol. The van der Waals surface area contributed by atoms with Gasteiger partial charge in [0.15, 0.2) is 17.5 Å². The molecule has 0 N–H and O–H groups in total. The zero-order chi connectivity index (χ0) is 39.2. The molecule has 0 fully saturated rings. The Kier molecular flexibility index (Phi) is 7.20. The standard InChI is InChI=1S/C54H36N4O/c1-54(2)44-24-13-12-23-39(44)41-31-43-47(32-45(41)54)58(38-21-10-5-11-22-38)46-27-26-40-42-30-36(25-28-48(42)59-50(40)49(43)46)35-19-14-20-37(29-35)53-56-51(33-15-6-3-7-16-33)55-52(57-53)34-17-8-4-9-18-34/h3-32H,1-2H3. The van der Waals surface area contributed by atoms with Gasteiger partial charge in [-0.2, -0.15) is 0 Å². The van der Waals surface area contributed by atoms with E-state index in [1.54, 1.807) is 0 Å². The number of aromatic nitrogens is 4. The summed E-state index contributed by atoms with van der Waals surface area (Å²) in [6.45, 7) is 4.69. The van der Waals surface area contributed by atoms with Crippen molar-refractivity contribution in [2.75, 3.05) is 0 Å². The summed E-state index contributed by atoms with van der Waals surface area (Å²) >= 11 is 0. The van der Waals surface area contributed by atoms with Crippen LogP contribution < -0.4 is 0 Å². The van der Waals surface area contributed by atoms with E-state index in [-0.39, 0.29) is 5.41 Å². The molecule has 59 heavy (non-hydrogen) atoms. The third-order valence-electron chi connectivity index (χ3n) is 12.2. The maximum absolute atomic E-state index is 6.91. The molecule has 0 atom stereocenters. The Morgan fingerprint density at radius 3 is 1.76 bits per heavy atom. The van der Waals surface area contributed by atoms with Gasteiger partial charge in [-0.05, 0) is 88.0 Å². The van der Waals surface area contributed by atoms with Gasteiger partial charge in [0, 0.05) is 44.0 Å². The van der Waals surface area contributed by atoms with E-state index in [0.29, 0.717) is 17.5 Å². The van der Waals surface area contributed by atoms with E-state index in [1.807, 2.05) is 60.7 Å².